The van der Waals surface area contributed by atoms with Crippen LogP contribution in [0.1, 0.15) is 59.4 Å². The Balaban J connectivity index is 1.42. The molecule has 4 rings (SSSR count). The van der Waals surface area contributed by atoms with Crippen molar-refractivity contribution in [2.75, 3.05) is 17.2 Å². The standard InChI is InChI=1S/C37H36BrN3O5S/c1-3-5-22-46-37(45)27-16-20-29(21-17-27)39-36(44)33(4-2)47-31-13-9-12-30(24-31)40-35(43)32(23-25-14-18-28(38)19-15-25)41-34(42)26-10-7-6-8-11-26/h6-21,23-24,33H,3-5,22H2,1-2H3,(H,39,44)(H,40,43)(H,41,42)/b32-23-. The van der Waals surface area contributed by atoms with Gasteiger partial charge in [-0.15, -0.1) is 11.8 Å². The first-order valence-electron chi connectivity index (χ1n) is 15.3. The third-order valence-electron chi connectivity index (χ3n) is 6.86. The predicted octanol–water partition coefficient (Wildman–Crippen LogP) is 8.33. The topological polar surface area (TPSA) is 114 Å². The van der Waals surface area contributed by atoms with Gasteiger partial charge in [0.25, 0.3) is 11.8 Å². The van der Waals surface area contributed by atoms with Crippen LogP contribution in [0.2, 0.25) is 0 Å². The van der Waals surface area contributed by atoms with Crippen LogP contribution in [0, 0.1) is 0 Å². The first kappa shape index (κ1) is 35.2. The molecule has 3 amide bonds. The number of rotatable bonds is 14. The summed E-state index contributed by atoms with van der Waals surface area (Å²) in [5.74, 6) is -1.48. The maximum absolute atomic E-state index is 13.5. The van der Waals surface area contributed by atoms with E-state index in [2.05, 4.69) is 31.9 Å². The maximum Gasteiger partial charge on any atom is 0.338 e. The second-order valence-electron chi connectivity index (χ2n) is 10.5. The number of carbonyl (C=O) groups excluding carboxylic acids is 4. The van der Waals surface area contributed by atoms with E-state index in [0.717, 1.165) is 27.8 Å². The van der Waals surface area contributed by atoms with Gasteiger partial charge in [-0.05, 0) is 91.2 Å². The molecule has 3 N–H and O–H groups in total. The fourth-order valence-electron chi connectivity index (χ4n) is 4.31. The summed E-state index contributed by atoms with van der Waals surface area (Å²) in [5, 5.41) is 8.13. The van der Waals surface area contributed by atoms with Gasteiger partial charge in [-0.1, -0.05) is 72.6 Å². The molecule has 4 aromatic rings. The van der Waals surface area contributed by atoms with E-state index in [9.17, 15) is 19.2 Å². The summed E-state index contributed by atoms with van der Waals surface area (Å²) in [6.45, 7) is 4.33. The van der Waals surface area contributed by atoms with Crippen LogP contribution in [0.15, 0.2) is 118 Å². The molecule has 0 aromatic heterocycles. The number of benzene rings is 4. The van der Waals surface area contributed by atoms with Gasteiger partial charge < -0.3 is 20.7 Å². The van der Waals surface area contributed by atoms with Crippen molar-refractivity contribution in [3.05, 3.63) is 130 Å². The van der Waals surface area contributed by atoms with Crippen LogP contribution >= 0.6 is 27.7 Å². The molecule has 47 heavy (non-hydrogen) atoms. The van der Waals surface area contributed by atoms with Gasteiger partial charge >= 0.3 is 5.97 Å². The molecule has 0 aliphatic carbocycles. The Kier molecular flexibility index (Phi) is 13.4. The van der Waals surface area contributed by atoms with Gasteiger partial charge in [-0.3, -0.25) is 14.4 Å². The lowest BCUT2D eigenvalue weighted by Crippen LogP contribution is -2.30. The lowest BCUT2D eigenvalue weighted by Gasteiger charge is -2.16. The van der Waals surface area contributed by atoms with Crippen LogP contribution in [-0.2, 0) is 14.3 Å². The Morgan fingerprint density at radius 2 is 1.53 bits per heavy atom. The van der Waals surface area contributed by atoms with Gasteiger partial charge in [0.2, 0.25) is 5.91 Å². The van der Waals surface area contributed by atoms with E-state index >= 15 is 0 Å². The van der Waals surface area contributed by atoms with Crippen molar-refractivity contribution in [2.45, 2.75) is 43.3 Å². The summed E-state index contributed by atoms with van der Waals surface area (Å²) in [7, 11) is 0. The number of hydrogen-bond acceptors (Lipinski definition) is 6. The molecule has 0 heterocycles. The molecule has 10 heteroatoms. The van der Waals surface area contributed by atoms with E-state index in [1.54, 1.807) is 72.8 Å². The Morgan fingerprint density at radius 1 is 0.809 bits per heavy atom. The molecule has 0 saturated carbocycles. The smallest absolute Gasteiger partial charge is 0.338 e. The van der Waals surface area contributed by atoms with Crippen LogP contribution in [-0.4, -0.2) is 35.5 Å². The quantitative estimate of drug-likeness (QED) is 0.0524. The van der Waals surface area contributed by atoms with E-state index in [-0.39, 0.29) is 17.6 Å². The van der Waals surface area contributed by atoms with Crippen LogP contribution in [0.25, 0.3) is 6.08 Å². The first-order valence-corrected chi connectivity index (χ1v) is 16.9. The van der Waals surface area contributed by atoms with Gasteiger partial charge in [0.1, 0.15) is 5.70 Å². The zero-order valence-corrected chi connectivity index (χ0v) is 28.5. The average Bonchev–Trinajstić information content (AvgIpc) is 3.08. The summed E-state index contributed by atoms with van der Waals surface area (Å²) in [4.78, 5) is 52.6. The molecule has 8 nitrogen and oxygen atoms in total. The van der Waals surface area contributed by atoms with Crippen molar-refractivity contribution in [3.63, 3.8) is 0 Å². The average molecular weight is 715 g/mol. The molecule has 0 fully saturated rings. The number of amides is 3. The SMILES string of the molecule is CCCCOC(=O)c1ccc(NC(=O)C(CC)Sc2cccc(NC(=O)/C(=C/c3ccc(Br)cc3)NC(=O)c3ccccc3)c2)cc1. The molecule has 1 atom stereocenters. The highest BCUT2D eigenvalue weighted by Gasteiger charge is 2.20. The van der Waals surface area contributed by atoms with Crippen LogP contribution in [0.5, 0.6) is 0 Å². The summed E-state index contributed by atoms with van der Waals surface area (Å²) < 4.78 is 6.13. The summed E-state index contributed by atoms with van der Waals surface area (Å²) in [6.07, 6.45) is 3.92. The first-order chi connectivity index (χ1) is 22.7. The maximum atomic E-state index is 13.5. The number of halogens is 1. The van der Waals surface area contributed by atoms with Gasteiger partial charge in [0.15, 0.2) is 0 Å². The van der Waals surface area contributed by atoms with E-state index in [4.69, 9.17) is 4.74 Å². The fraction of sp³-hybridized carbons (Fsp3) is 0.189. The number of hydrogen-bond donors (Lipinski definition) is 3. The van der Waals surface area contributed by atoms with Gasteiger partial charge in [-0.25, -0.2) is 4.79 Å². The number of esters is 1. The van der Waals surface area contributed by atoms with Gasteiger partial charge in [-0.2, -0.15) is 0 Å². The van der Waals surface area contributed by atoms with Gasteiger partial charge in [0.05, 0.1) is 17.4 Å². The number of unbranched alkanes of at least 4 members (excludes halogenated alkanes) is 1. The van der Waals surface area contributed by atoms with Crippen molar-refractivity contribution in [1.82, 2.24) is 5.32 Å². The zero-order chi connectivity index (χ0) is 33.6. The zero-order valence-electron chi connectivity index (χ0n) is 26.1. The Bertz CT molecular complexity index is 1710. The third kappa shape index (κ3) is 11.0. The highest BCUT2D eigenvalue weighted by atomic mass is 79.9. The number of nitrogens with one attached hydrogen (secondary N) is 3. The molecule has 0 aliphatic rings. The van der Waals surface area contributed by atoms with Crippen molar-refractivity contribution in [2.24, 2.45) is 0 Å². The fourth-order valence-corrected chi connectivity index (χ4v) is 5.58. The minimum Gasteiger partial charge on any atom is -0.462 e. The molecule has 0 spiro atoms. The van der Waals surface area contributed by atoms with Crippen LogP contribution in [0.3, 0.4) is 0 Å². The minimum atomic E-state index is -0.498. The monoisotopic (exact) mass is 713 g/mol. The van der Waals surface area contributed by atoms with Crippen molar-refractivity contribution >= 4 is 68.8 Å². The highest BCUT2D eigenvalue weighted by molar-refractivity contribution is 9.10. The van der Waals surface area contributed by atoms with Crippen LogP contribution in [0.4, 0.5) is 11.4 Å². The summed E-state index contributed by atoms with van der Waals surface area (Å²) in [5.41, 5.74) is 2.73. The van der Waals surface area contributed by atoms with Crippen molar-refractivity contribution in [1.29, 1.82) is 0 Å². The van der Waals surface area contributed by atoms with E-state index < -0.39 is 17.1 Å². The third-order valence-corrected chi connectivity index (χ3v) is 8.75. The molecule has 1 unspecified atom stereocenters. The number of ether oxygens (including phenoxy) is 1. The summed E-state index contributed by atoms with van der Waals surface area (Å²) in [6, 6.07) is 29.8. The largest absolute Gasteiger partial charge is 0.462 e. The van der Waals surface area contributed by atoms with E-state index in [0.29, 0.717) is 35.5 Å². The normalized spacial score (nSPS) is 11.7. The Morgan fingerprint density at radius 3 is 2.21 bits per heavy atom. The Hall–Kier alpha value is -4.67. The van der Waals surface area contributed by atoms with Crippen molar-refractivity contribution in [3.8, 4) is 0 Å². The highest BCUT2D eigenvalue weighted by Crippen LogP contribution is 2.29. The second kappa shape index (κ2) is 17.9. The van der Waals surface area contributed by atoms with Crippen LogP contribution < -0.4 is 16.0 Å². The Labute approximate surface area is 287 Å². The molecule has 0 saturated heterocycles. The molecule has 0 radical (unpaired) electrons. The predicted molar refractivity (Wildman–Crippen MR) is 191 cm³/mol. The minimum absolute atomic E-state index is 0.0743. The molecular formula is C37H36BrN3O5S. The van der Waals surface area contributed by atoms with E-state index in [1.807, 2.05) is 50.2 Å². The lowest BCUT2D eigenvalue weighted by molar-refractivity contribution is -0.116. The molecule has 4 aromatic carbocycles. The number of anilines is 2. The number of carbonyl (C=O) groups is 4. The van der Waals surface area contributed by atoms with Gasteiger partial charge in [0, 0.05) is 26.3 Å². The van der Waals surface area contributed by atoms with Crippen molar-refractivity contribution < 1.29 is 23.9 Å². The lowest BCUT2D eigenvalue weighted by atomic mass is 10.1. The molecule has 0 aliphatic heterocycles. The molecule has 242 valence electrons. The van der Waals surface area contributed by atoms with E-state index in [1.165, 1.54) is 11.8 Å². The molecular weight excluding hydrogens is 678 g/mol. The molecule has 0 bridgehead atoms. The number of thioether (sulfide) groups is 1. The summed E-state index contributed by atoms with van der Waals surface area (Å²) >= 11 is 4.78. The second-order valence-corrected chi connectivity index (χ2v) is 12.7.